The van der Waals surface area contributed by atoms with Crippen molar-refractivity contribution in [3.05, 3.63) is 0 Å². The summed E-state index contributed by atoms with van der Waals surface area (Å²) in [6, 6.07) is 0. The fourth-order valence-electron chi connectivity index (χ4n) is 3.65. The van der Waals surface area contributed by atoms with E-state index in [9.17, 15) is 0 Å². The molecule has 3 heteroatoms. The predicted octanol–water partition coefficient (Wildman–Crippen LogP) is 3.19. The van der Waals surface area contributed by atoms with Crippen molar-refractivity contribution in [2.45, 2.75) is 64.4 Å². The molecule has 1 fully saturated rings. The zero-order valence-corrected chi connectivity index (χ0v) is 14.0. The van der Waals surface area contributed by atoms with E-state index in [1.54, 1.807) is 0 Å². The van der Waals surface area contributed by atoms with E-state index >= 15 is 0 Å². The van der Waals surface area contributed by atoms with Crippen molar-refractivity contribution < 1.29 is 4.43 Å². The van der Waals surface area contributed by atoms with Crippen molar-refractivity contribution in [1.82, 2.24) is 0 Å². The van der Waals surface area contributed by atoms with Gasteiger partial charge in [-0.05, 0) is 50.4 Å². The van der Waals surface area contributed by atoms with Gasteiger partial charge in [0.2, 0.25) is 0 Å². The first-order chi connectivity index (χ1) is 7.20. The third-order valence-electron chi connectivity index (χ3n) is 4.63. The van der Waals surface area contributed by atoms with E-state index in [-0.39, 0.29) is 5.60 Å². The van der Waals surface area contributed by atoms with Crippen molar-refractivity contribution >= 4 is 26.4 Å². The van der Waals surface area contributed by atoms with Crippen LogP contribution < -0.4 is 0 Å². The Hall–Kier alpha value is 0.657. The van der Waals surface area contributed by atoms with Gasteiger partial charge in [-0.2, -0.15) is 0 Å². The van der Waals surface area contributed by atoms with E-state index < -0.39 is 0 Å². The Labute approximate surface area is 106 Å². The lowest BCUT2D eigenvalue weighted by molar-refractivity contribution is -0.0440. The average Bonchev–Trinajstić information content (AvgIpc) is 2.66. The van der Waals surface area contributed by atoms with Gasteiger partial charge in [-0.1, -0.05) is 29.8 Å². The molecule has 0 spiro atoms. The Kier molecular flexibility index (Phi) is 5.33. The highest BCUT2D eigenvalue weighted by Gasteiger charge is 2.51. The summed E-state index contributed by atoms with van der Waals surface area (Å²) in [6.45, 7) is 4.66. The van der Waals surface area contributed by atoms with Gasteiger partial charge in [-0.25, -0.2) is 0 Å². The molecule has 15 heavy (non-hydrogen) atoms. The van der Waals surface area contributed by atoms with Crippen molar-refractivity contribution in [1.29, 1.82) is 0 Å². The number of hydrogen-bond acceptors (Lipinski definition) is 1. The summed E-state index contributed by atoms with van der Waals surface area (Å²) in [5, 5.41) is 1.13. The lowest BCUT2D eigenvalue weighted by atomic mass is 9.68. The SMILES string of the molecule is CCC1(CCCBr)CCCC1(CC)O[SiH3]. The summed E-state index contributed by atoms with van der Waals surface area (Å²) in [5.41, 5.74) is 0.716. The van der Waals surface area contributed by atoms with Gasteiger partial charge < -0.3 is 4.43 Å². The number of alkyl halides is 1. The Morgan fingerprint density at radius 3 is 2.47 bits per heavy atom. The molecule has 2 atom stereocenters. The van der Waals surface area contributed by atoms with Crippen LogP contribution in [0.5, 0.6) is 0 Å². The molecule has 1 aliphatic rings. The summed E-state index contributed by atoms with van der Waals surface area (Å²) >= 11 is 3.56. The fraction of sp³-hybridized carbons (Fsp3) is 1.00. The molecule has 1 aliphatic carbocycles. The van der Waals surface area contributed by atoms with Gasteiger partial charge >= 0.3 is 0 Å². The van der Waals surface area contributed by atoms with Crippen molar-refractivity contribution in [2.24, 2.45) is 5.41 Å². The molecular weight excluding hydrogens is 268 g/mol. The molecule has 0 saturated heterocycles. The lowest BCUT2D eigenvalue weighted by Gasteiger charge is -2.45. The lowest BCUT2D eigenvalue weighted by Crippen LogP contribution is -2.45. The third-order valence-corrected chi connectivity index (χ3v) is 5.97. The molecule has 0 aromatic carbocycles. The quantitative estimate of drug-likeness (QED) is 0.540. The van der Waals surface area contributed by atoms with E-state index in [2.05, 4.69) is 29.8 Å². The highest BCUT2D eigenvalue weighted by molar-refractivity contribution is 9.09. The maximum absolute atomic E-state index is 6.08. The summed E-state index contributed by atoms with van der Waals surface area (Å²) in [4.78, 5) is 0. The highest BCUT2D eigenvalue weighted by atomic mass is 79.9. The maximum Gasteiger partial charge on any atom is 0.146 e. The van der Waals surface area contributed by atoms with Crippen LogP contribution in [0.25, 0.3) is 0 Å². The van der Waals surface area contributed by atoms with E-state index in [1.807, 2.05) is 0 Å². The molecule has 0 aromatic heterocycles. The predicted molar refractivity (Wildman–Crippen MR) is 73.6 cm³/mol. The minimum atomic E-state index is 0.232. The van der Waals surface area contributed by atoms with Gasteiger partial charge in [-0.3, -0.25) is 0 Å². The first kappa shape index (κ1) is 13.7. The first-order valence-corrected chi connectivity index (χ1v) is 8.25. The molecule has 0 aromatic rings. The van der Waals surface area contributed by atoms with Crippen LogP contribution in [0.1, 0.15) is 58.8 Å². The van der Waals surface area contributed by atoms with E-state index in [0.717, 1.165) is 15.8 Å². The third kappa shape index (κ3) is 2.34. The monoisotopic (exact) mass is 292 g/mol. The molecule has 1 nitrogen and oxygen atoms in total. The van der Waals surface area contributed by atoms with Gasteiger partial charge in [0, 0.05) is 5.33 Å². The highest BCUT2D eigenvalue weighted by Crippen LogP contribution is 2.55. The largest absolute Gasteiger partial charge is 0.422 e. The molecule has 0 radical (unpaired) electrons. The second kappa shape index (κ2) is 5.83. The normalized spacial score (nSPS) is 36.2. The minimum Gasteiger partial charge on any atom is -0.422 e. The van der Waals surface area contributed by atoms with Crippen LogP contribution in [0, 0.1) is 5.41 Å². The van der Waals surface area contributed by atoms with Crippen molar-refractivity contribution in [3.8, 4) is 0 Å². The molecule has 2 unspecified atom stereocenters. The van der Waals surface area contributed by atoms with Gasteiger partial charge in [0.15, 0.2) is 0 Å². The van der Waals surface area contributed by atoms with E-state index in [0.29, 0.717) is 5.41 Å². The molecule has 0 amide bonds. The molecule has 0 bridgehead atoms. The topological polar surface area (TPSA) is 9.23 Å². The first-order valence-electron chi connectivity index (χ1n) is 6.31. The van der Waals surface area contributed by atoms with Crippen LogP contribution >= 0.6 is 15.9 Å². The van der Waals surface area contributed by atoms with Gasteiger partial charge in [0.25, 0.3) is 0 Å². The van der Waals surface area contributed by atoms with Gasteiger partial charge in [-0.15, -0.1) is 0 Å². The summed E-state index contributed by atoms with van der Waals surface area (Å²) in [6.07, 6.45) is 9.16. The van der Waals surface area contributed by atoms with Gasteiger partial charge in [0.1, 0.15) is 10.5 Å². The molecular formula is C12H25BrOSi. The zero-order valence-electron chi connectivity index (χ0n) is 10.4. The Morgan fingerprint density at radius 2 is 2.00 bits per heavy atom. The zero-order chi connectivity index (χ0) is 11.4. The van der Waals surface area contributed by atoms with Crippen LogP contribution in [0.15, 0.2) is 0 Å². The number of hydrogen-bond donors (Lipinski definition) is 0. The second-order valence-corrected chi connectivity index (χ2v) is 6.03. The molecule has 1 rings (SSSR count). The minimum absolute atomic E-state index is 0.232. The average molecular weight is 293 g/mol. The summed E-state index contributed by atoms with van der Waals surface area (Å²) in [7, 11) is 0.888. The standard InChI is InChI=1S/C12H25BrOSi/c1-3-11(8-6-10-13)7-5-9-12(11,4-2)14-15/h3-10H2,1-2,15H3. The second-order valence-electron chi connectivity index (χ2n) is 4.83. The molecule has 90 valence electrons. The molecule has 1 saturated carbocycles. The van der Waals surface area contributed by atoms with Crippen LogP contribution in [-0.2, 0) is 4.43 Å². The van der Waals surface area contributed by atoms with Gasteiger partial charge in [0.05, 0.1) is 5.60 Å². The van der Waals surface area contributed by atoms with Crippen LogP contribution in [0.2, 0.25) is 0 Å². The summed E-state index contributed by atoms with van der Waals surface area (Å²) in [5.74, 6) is 0. The smallest absolute Gasteiger partial charge is 0.146 e. The maximum atomic E-state index is 6.08. The van der Waals surface area contributed by atoms with Crippen LogP contribution in [-0.4, -0.2) is 21.4 Å². The Morgan fingerprint density at radius 1 is 1.27 bits per heavy atom. The number of rotatable bonds is 6. The summed E-state index contributed by atoms with van der Waals surface area (Å²) < 4.78 is 6.08. The van der Waals surface area contributed by atoms with E-state index in [1.165, 1.54) is 44.9 Å². The van der Waals surface area contributed by atoms with Crippen LogP contribution in [0.4, 0.5) is 0 Å². The van der Waals surface area contributed by atoms with Crippen molar-refractivity contribution in [3.63, 3.8) is 0 Å². The molecule has 0 aliphatic heterocycles. The number of halogens is 1. The van der Waals surface area contributed by atoms with E-state index in [4.69, 9.17) is 4.43 Å². The van der Waals surface area contributed by atoms with Crippen LogP contribution in [0.3, 0.4) is 0 Å². The van der Waals surface area contributed by atoms with Crippen molar-refractivity contribution in [2.75, 3.05) is 5.33 Å². The molecule has 0 heterocycles. The Bertz CT molecular complexity index is 194. The molecule has 0 N–H and O–H groups in total. The Balaban J connectivity index is 2.84. The fourth-order valence-corrected chi connectivity index (χ4v) is 4.86.